The first-order chi connectivity index (χ1) is 13.2. The fraction of sp³-hybridized carbons (Fsp3) is 0.273. The van der Waals surface area contributed by atoms with Crippen molar-refractivity contribution in [1.29, 1.82) is 0 Å². The zero-order valence-electron chi connectivity index (χ0n) is 14.7. The van der Waals surface area contributed by atoms with Gasteiger partial charge in [0, 0.05) is 0 Å². The van der Waals surface area contributed by atoms with Crippen LogP contribution < -0.4 is 4.90 Å². The van der Waals surface area contributed by atoms with Gasteiger partial charge in [0.1, 0.15) is 0 Å². The average Bonchev–Trinajstić information content (AvgIpc) is 3.01. The highest BCUT2D eigenvalue weighted by molar-refractivity contribution is 6.22. The number of amides is 2. The van der Waals surface area contributed by atoms with Crippen molar-refractivity contribution in [2.45, 2.75) is 12.8 Å². The van der Waals surface area contributed by atoms with Crippen molar-refractivity contribution >= 4 is 28.9 Å². The zero-order chi connectivity index (χ0) is 18.4. The molecular formula is C22H19N3O2. The molecule has 0 unspecified atom stereocenters. The van der Waals surface area contributed by atoms with E-state index in [-0.39, 0.29) is 35.5 Å². The van der Waals surface area contributed by atoms with E-state index in [0.717, 1.165) is 18.5 Å². The molecule has 27 heavy (non-hydrogen) atoms. The lowest BCUT2D eigenvalue weighted by Gasteiger charge is -2.38. The van der Waals surface area contributed by atoms with Crippen LogP contribution in [0.4, 0.5) is 17.1 Å². The van der Waals surface area contributed by atoms with Crippen LogP contribution in [0.25, 0.3) is 0 Å². The fourth-order valence-electron chi connectivity index (χ4n) is 4.61. The van der Waals surface area contributed by atoms with Crippen molar-refractivity contribution in [3.05, 3.63) is 66.7 Å². The molecule has 0 N–H and O–H groups in total. The van der Waals surface area contributed by atoms with Gasteiger partial charge in [0.05, 0.1) is 28.9 Å². The van der Waals surface area contributed by atoms with E-state index in [1.807, 2.05) is 30.3 Å². The molecule has 5 heteroatoms. The van der Waals surface area contributed by atoms with Crippen LogP contribution in [0.3, 0.4) is 0 Å². The number of benzene rings is 2. The highest BCUT2D eigenvalue weighted by atomic mass is 16.2. The summed E-state index contributed by atoms with van der Waals surface area (Å²) in [4.78, 5) is 27.3. The van der Waals surface area contributed by atoms with Crippen molar-refractivity contribution in [3.63, 3.8) is 0 Å². The second-order valence-electron chi connectivity index (χ2n) is 7.41. The summed E-state index contributed by atoms with van der Waals surface area (Å²) < 4.78 is 0. The minimum Gasteiger partial charge on any atom is -0.274 e. The Hall–Kier alpha value is -3.08. The smallest absolute Gasteiger partial charge is 0.238 e. The molecule has 5 nitrogen and oxygen atoms in total. The maximum absolute atomic E-state index is 13.0. The molecule has 1 saturated heterocycles. The van der Waals surface area contributed by atoms with E-state index in [0.29, 0.717) is 11.4 Å². The summed E-state index contributed by atoms with van der Waals surface area (Å²) in [6.07, 6.45) is 6.29. The van der Waals surface area contributed by atoms with E-state index in [1.54, 1.807) is 24.3 Å². The predicted molar refractivity (Wildman–Crippen MR) is 102 cm³/mol. The second kappa shape index (κ2) is 6.27. The van der Waals surface area contributed by atoms with Crippen LogP contribution in [0.15, 0.2) is 77.0 Å². The molecule has 2 bridgehead atoms. The van der Waals surface area contributed by atoms with Crippen molar-refractivity contribution < 1.29 is 9.59 Å². The van der Waals surface area contributed by atoms with Crippen LogP contribution in [-0.2, 0) is 9.59 Å². The topological polar surface area (TPSA) is 62.1 Å². The summed E-state index contributed by atoms with van der Waals surface area (Å²) in [6, 6.07) is 16.6. The standard InChI is InChI=1S/C22H19N3O2/c26-21-19-14-6-7-15(9-8-14)20(19)22(27)25(21)18-12-10-17(11-13-18)24-23-16-4-2-1-3-5-16/h1-7,10-15,19-20H,8-9H2/t14-,15-,19+,20+/m0/s1. The third kappa shape index (κ3) is 2.62. The van der Waals surface area contributed by atoms with Gasteiger partial charge in [0.25, 0.3) is 0 Å². The Bertz CT molecular complexity index is 917. The summed E-state index contributed by atoms with van der Waals surface area (Å²) >= 11 is 0. The Kier molecular flexibility index (Phi) is 3.74. The lowest BCUT2D eigenvalue weighted by Crippen LogP contribution is -2.38. The third-order valence-corrected chi connectivity index (χ3v) is 5.90. The number of nitrogens with zero attached hydrogens (tertiary/aromatic N) is 3. The van der Waals surface area contributed by atoms with E-state index in [4.69, 9.17) is 0 Å². The highest BCUT2D eigenvalue weighted by Gasteiger charge is 2.56. The molecule has 1 aliphatic heterocycles. The molecule has 2 fully saturated rings. The summed E-state index contributed by atoms with van der Waals surface area (Å²) in [5.74, 6) is -0.0522. The van der Waals surface area contributed by atoms with Gasteiger partial charge < -0.3 is 0 Å². The largest absolute Gasteiger partial charge is 0.274 e. The third-order valence-electron chi connectivity index (χ3n) is 5.90. The number of anilines is 1. The van der Waals surface area contributed by atoms with Crippen LogP contribution >= 0.6 is 0 Å². The number of allylic oxidation sites excluding steroid dienone is 2. The minimum absolute atomic E-state index is 0.0530. The van der Waals surface area contributed by atoms with Crippen molar-refractivity contribution in [1.82, 2.24) is 0 Å². The van der Waals surface area contributed by atoms with Crippen LogP contribution in [0, 0.1) is 23.7 Å². The number of fused-ring (bicyclic) bond motifs is 1. The van der Waals surface area contributed by atoms with E-state index in [2.05, 4.69) is 22.4 Å². The summed E-state index contributed by atoms with van der Waals surface area (Å²) in [5, 5.41) is 8.41. The van der Waals surface area contributed by atoms with E-state index in [1.165, 1.54) is 4.90 Å². The molecule has 3 aliphatic carbocycles. The average molecular weight is 357 g/mol. The van der Waals surface area contributed by atoms with Gasteiger partial charge in [-0.3, -0.25) is 14.5 Å². The van der Waals surface area contributed by atoms with Gasteiger partial charge >= 0.3 is 0 Å². The molecule has 1 saturated carbocycles. The van der Waals surface area contributed by atoms with Gasteiger partial charge in [-0.2, -0.15) is 10.2 Å². The van der Waals surface area contributed by atoms with Gasteiger partial charge in [-0.25, -0.2) is 0 Å². The first-order valence-corrected chi connectivity index (χ1v) is 9.35. The predicted octanol–water partition coefficient (Wildman–Crippen LogP) is 4.80. The second-order valence-corrected chi connectivity index (χ2v) is 7.41. The number of hydrogen-bond acceptors (Lipinski definition) is 4. The number of carbonyl (C=O) groups is 2. The number of azo groups is 1. The maximum Gasteiger partial charge on any atom is 0.238 e. The number of imide groups is 1. The normalized spacial score (nSPS) is 29.0. The first kappa shape index (κ1) is 16.1. The van der Waals surface area contributed by atoms with Crippen molar-refractivity contribution in [2.24, 2.45) is 33.9 Å². The van der Waals surface area contributed by atoms with E-state index >= 15 is 0 Å². The van der Waals surface area contributed by atoms with Crippen LogP contribution in [-0.4, -0.2) is 11.8 Å². The summed E-state index contributed by atoms with van der Waals surface area (Å²) in [5.41, 5.74) is 2.08. The monoisotopic (exact) mass is 357 g/mol. The van der Waals surface area contributed by atoms with E-state index in [9.17, 15) is 9.59 Å². The molecule has 134 valence electrons. The molecule has 0 aromatic heterocycles. The SMILES string of the molecule is O=C1[C@H]2[C@H](C(=O)N1c1ccc(N=Nc3ccccc3)cc1)[C@H]1C=C[C@H]2CC1. The Morgan fingerprint density at radius 3 is 1.74 bits per heavy atom. The lowest BCUT2D eigenvalue weighted by molar-refractivity contribution is -0.124. The minimum atomic E-state index is -0.182. The van der Waals surface area contributed by atoms with Gasteiger partial charge in [-0.15, -0.1) is 0 Å². The molecule has 1 heterocycles. The number of hydrogen-bond donors (Lipinski definition) is 0. The number of carbonyl (C=O) groups excluding carboxylic acids is 2. The van der Waals surface area contributed by atoms with Crippen molar-refractivity contribution in [2.75, 3.05) is 4.90 Å². The molecule has 2 aromatic carbocycles. The van der Waals surface area contributed by atoms with Gasteiger partial charge in [-0.05, 0) is 61.1 Å². The maximum atomic E-state index is 13.0. The van der Waals surface area contributed by atoms with Crippen LogP contribution in [0.2, 0.25) is 0 Å². The fourth-order valence-corrected chi connectivity index (χ4v) is 4.61. The first-order valence-electron chi connectivity index (χ1n) is 9.35. The molecule has 2 amide bonds. The van der Waals surface area contributed by atoms with Gasteiger partial charge in [0.2, 0.25) is 11.8 Å². The van der Waals surface area contributed by atoms with Crippen LogP contribution in [0.5, 0.6) is 0 Å². The molecule has 6 rings (SSSR count). The quantitative estimate of drug-likeness (QED) is 0.450. The molecule has 4 atom stereocenters. The van der Waals surface area contributed by atoms with Gasteiger partial charge in [0.15, 0.2) is 0 Å². The van der Waals surface area contributed by atoms with Gasteiger partial charge in [-0.1, -0.05) is 30.4 Å². The highest BCUT2D eigenvalue weighted by Crippen LogP contribution is 2.50. The molecule has 4 aliphatic rings. The zero-order valence-corrected chi connectivity index (χ0v) is 14.7. The Balaban J connectivity index is 1.39. The Morgan fingerprint density at radius 1 is 0.704 bits per heavy atom. The lowest BCUT2D eigenvalue weighted by atomic mass is 9.63. The molecule has 0 radical (unpaired) electrons. The Morgan fingerprint density at radius 2 is 1.22 bits per heavy atom. The summed E-state index contributed by atoms with van der Waals surface area (Å²) in [7, 11) is 0. The van der Waals surface area contributed by atoms with E-state index < -0.39 is 0 Å². The molecular weight excluding hydrogens is 338 g/mol. The summed E-state index contributed by atoms with van der Waals surface area (Å²) in [6.45, 7) is 0. The van der Waals surface area contributed by atoms with Crippen molar-refractivity contribution in [3.8, 4) is 0 Å². The number of rotatable bonds is 3. The Labute approximate surface area is 157 Å². The van der Waals surface area contributed by atoms with Crippen LogP contribution in [0.1, 0.15) is 12.8 Å². The molecule has 2 aromatic rings. The molecule has 0 spiro atoms.